The zero-order chi connectivity index (χ0) is 7.56. The van der Waals surface area contributed by atoms with Crippen molar-refractivity contribution in [1.82, 2.24) is 0 Å². The second kappa shape index (κ2) is 2.52. The summed E-state index contributed by atoms with van der Waals surface area (Å²) in [5.41, 5.74) is 0.383. The number of carbonyl (C=O) groups excluding carboxylic acids is 1. The Bertz CT molecular complexity index is 258. The number of rotatable bonds is 2. The Morgan fingerprint density at radius 3 is 2.80 bits per heavy atom. The molecule has 0 N–H and O–H groups in total. The van der Waals surface area contributed by atoms with Crippen LogP contribution in [0.5, 0.6) is 0 Å². The summed E-state index contributed by atoms with van der Waals surface area (Å²) in [5.74, 6) is 1.34. The highest BCUT2D eigenvalue weighted by Crippen LogP contribution is 2.12. The summed E-state index contributed by atoms with van der Waals surface area (Å²) < 4.78 is 5.11. The van der Waals surface area contributed by atoms with Gasteiger partial charge in [0.1, 0.15) is 11.5 Å². The van der Waals surface area contributed by atoms with Crippen LogP contribution >= 0.6 is 0 Å². The maximum atomic E-state index is 10.2. The third-order valence-corrected chi connectivity index (χ3v) is 1.20. The minimum absolute atomic E-state index is 0.383. The third kappa shape index (κ3) is 1.16. The number of hydrogen-bond acceptors (Lipinski definition) is 2. The van der Waals surface area contributed by atoms with Crippen molar-refractivity contribution in [3.63, 3.8) is 0 Å². The van der Waals surface area contributed by atoms with Gasteiger partial charge in [0.25, 0.3) is 0 Å². The summed E-state index contributed by atoms with van der Waals surface area (Å²) in [5, 5.41) is 0. The first kappa shape index (κ1) is 6.81. The van der Waals surface area contributed by atoms with Gasteiger partial charge < -0.3 is 4.42 Å². The standard InChI is InChI=1S/C8H8O2/c1-6(5-9)8-4-3-7(2)10-8/h3-5H,1H2,2H3. The molecular formula is C8H8O2. The van der Waals surface area contributed by atoms with Crippen LogP contribution in [0.15, 0.2) is 23.1 Å². The summed E-state index contributed by atoms with van der Waals surface area (Å²) in [4.78, 5) is 10.2. The van der Waals surface area contributed by atoms with Crippen LogP contribution in [0.1, 0.15) is 11.5 Å². The Morgan fingerprint density at radius 1 is 1.70 bits per heavy atom. The van der Waals surface area contributed by atoms with Crippen LogP contribution in [0.3, 0.4) is 0 Å². The summed E-state index contributed by atoms with van der Waals surface area (Å²) in [6, 6.07) is 3.52. The largest absolute Gasteiger partial charge is 0.461 e. The van der Waals surface area contributed by atoms with Gasteiger partial charge in [0.15, 0.2) is 6.29 Å². The van der Waals surface area contributed by atoms with E-state index in [9.17, 15) is 4.79 Å². The fraction of sp³-hybridized carbons (Fsp3) is 0.125. The van der Waals surface area contributed by atoms with Crippen LogP contribution in [-0.2, 0) is 4.79 Å². The van der Waals surface area contributed by atoms with Crippen LogP contribution < -0.4 is 0 Å². The van der Waals surface area contributed by atoms with E-state index in [1.54, 1.807) is 12.1 Å². The van der Waals surface area contributed by atoms with Crippen LogP contribution in [0.4, 0.5) is 0 Å². The molecule has 2 nitrogen and oxygen atoms in total. The molecule has 0 spiro atoms. The first-order chi connectivity index (χ1) is 4.74. The molecule has 0 atom stereocenters. The van der Waals surface area contributed by atoms with Gasteiger partial charge in [-0.3, -0.25) is 4.79 Å². The molecule has 0 fully saturated rings. The van der Waals surface area contributed by atoms with Crippen molar-refractivity contribution in [3.8, 4) is 0 Å². The molecule has 0 aromatic carbocycles. The lowest BCUT2D eigenvalue weighted by molar-refractivity contribution is -0.103. The summed E-state index contributed by atoms with van der Waals surface area (Å²) in [7, 11) is 0. The van der Waals surface area contributed by atoms with Crippen molar-refractivity contribution in [2.24, 2.45) is 0 Å². The lowest BCUT2D eigenvalue weighted by Gasteiger charge is -1.87. The molecule has 1 heterocycles. The van der Waals surface area contributed by atoms with Gasteiger partial charge >= 0.3 is 0 Å². The Labute approximate surface area is 59.2 Å². The second-order valence-corrected chi connectivity index (χ2v) is 2.05. The van der Waals surface area contributed by atoms with E-state index >= 15 is 0 Å². The van der Waals surface area contributed by atoms with Crippen molar-refractivity contribution in [3.05, 3.63) is 30.2 Å². The normalized spacial score (nSPS) is 9.30. The quantitative estimate of drug-likeness (QED) is 0.458. The lowest BCUT2D eigenvalue weighted by Crippen LogP contribution is -1.77. The molecule has 1 aromatic rings. The Balaban J connectivity index is 2.95. The first-order valence-corrected chi connectivity index (χ1v) is 2.95. The number of aryl methyl sites for hydroxylation is 1. The van der Waals surface area contributed by atoms with Gasteiger partial charge in [-0.05, 0) is 19.1 Å². The van der Waals surface area contributed by atoms with Crippen LogP contribution in [0.2, 0.25) is 0 Å². The minimum atomic E-state index is 0.383. The van der Waals surface area contributed by atoms with E-state index in [0.29, 0.717) is 17.6 Å². The Hall–Kier alpha value is -1.31. The van der Waals surface area contributed by atoms with Gasteiger partial charge in [-0.15, -0.1) is 0 Å². The van der Waals surface area contributed by atoms with E-state index in [0.717, 1.165) is 5.76 Å². The monoisotopic (exact) mass is 136 g/mol. The van der Waals surface area contributed by atoms with Crippen LogP contribution in [0.25, 0.3) is 5.57 Å². The number of hydrogen-bond donors (Lipinski definition) is 0. The maximum Gasteiger partial charge on any atom is 0.153 e. The van der Waals surface area contributed by atoms with E-state index in [1.165, 1.54) is 0 Å². The SMILES string of the molecule is C=C(C=O)c1ccc(C)o1. The predicted octanol–water partition coefficient (Wildman–Crippen LogP) is 1.80. The van der Waals surface area contributed by atoms with Gasteiger partial charge in [0.05, 0.1) is 0 Å². The van der Waals surface area contributed by atoms with Crippen molar-refractivity contribution in [1.29, 1.82) is 0 Å². The van der Waals surface area contributed by atoms with Crippen LogP contribution in [-0.4, -0.2) is 6.29 Å². The average Bonchev–Trinajstić information content (AvgIpc) is 2.34. The average molecular weight is 136 g/mol. The highest BCUT2D eigenvalue weighted by Gasteiger charge is 2.00. The highest BCUT2D eigenvalue weighted by atomic mass is 16.3. The predicted molar refractivity (Wildman–Crippen MR) is 38.5 cm³/mol. The molecule has 0 saturated carbocycles. The zero-order valence-corrected chi connectivity index (χ0v) is 5.76. The molecule has 0 radical (unpaired) electrons. The Morgan fingerprint density at radius 2 is 2.40 bits per heavy atom. The molecule has 0 bridgehead atoms. The topological polar surface area (TPSA) is 30.2 Å². The van der Waals surface area contributed by atoms with Gasteiger partial charge in [0, 0.05) is 5.57 Å². The smallest absolute Gasteiger partial charge is 0.153 e. The Kier molecular flexibility index (Phi) is 1.71. The highest BCUT2D eigenvalue weighted by molar-refractivity contribution is 6.04. The summed E-state index contributed by atoms with van der Waals surface area (Å²) >= 11 is 0. The molecule has 0 aliphatic carbocycles. The van der Waals surface area contributed by atoms with E-state index in [1.807, 2.05) is 6.92 Å². The van der Waals surface area contributed by atoms with E-state index < -0.39 is 0 Å². The molecule has 10 heavy (non-hydrogen) atoms. The van der Waals surface area contributed by atoms with Gasteiger partial charge in [-0.25, -0.2) is 0 Å². The van der Waals surface area contributed by atoms with E-state index in [-0.39, 0.29) is 0 Å². The van der Waals surface area contributed by atoms with Gasteiger partial charge in [0.2, 0.25) is 0 Å². The van der Waals surface area contributed by atoms with Crippen molar-refractivity contribution in [2.45, 2.75) is 6.92 Å². The minimum Gasteiger partial charge on any atom is -0.461 e. The molecular weight excluding hydrogens is 128 g/mol. The van der Waals surface area contributed by atoms with Crippen LogP contribution in [0, 0.1) is 6.92 Å². The zero-order valence-electron chi connectivity index (χ0n) is 5.76. The van der Waals surface area contributed by atoms with Crippen molar-refractivity contribution < 1.29 is 9.21 Å². The number of carbonyl (C=O) groups is 1. The molecule has 0 aliphatic rings. The lowest BCUT2D eigenvalue weighted by atomic mass is 10.3. The number of allylic oxidation sites excluding steroid dienone is 1. The molecule has 2 heteroatoms. The van der Waals surface area contributed by atoms with Gasteiger partial charge in [-0.2, -0.15) is 0 Å². The van der Waals surface area contributed by atoms with Crippen molar-refractivity contribution >= 4 is 11.9 Å². The summed E-state index contributed by atoms with van der Waals surface area (Å²) in [6.07, 6.45) is 0.679. The molecule has 0 unspecified atom stereocenters. The van der Waals surface area contributed by atoms with E-state index in [4.69, 9.17) is 4.42 Å². The first-order valence-electron chi connectivity index (χ1n) is 2.95. The van der Waals surface area contributed by atoms with E-state index in [2.05, 4.69) is 6.58 Å². The maximum absolute atomic E-state index is 10.2. The number of furan rings is 1. The molecule has 1 rings (SSSR count). The molecule has 1 aromatic heterocycles. The second-order valence-electron chi connectivity index (χ2n) is 2.05. The van der Waals surface area contributed by atoms with Gasteiger partial charge in [-0.1, -0.05) is 6.58 Å². The molecule has 52 valence electrons. The third-order valence-electron chi connectivity index (χ3n) is 1.20. The fourth-order valence-electron chi connectivity index (χ4n) is 0.665. The molecule has 0 aliphatic heterocycles. The molecule has 0 saturated heterocycles. The van der Waals surface area contributed by atoms with Crippen molar-refractivity contribution in [2.75, 3.05) is 0 Å². The number of aldehydes is 1. The summed E-state index contributed by atoms with van der Waals surface area (Å²) in [6.45, 7) is 5.32. The molecule has 0 amide bonds. The fourth-order valence-corrected chi connectivity index (χ4v) is 0.665.